The molecular weight excluding hydrogens is 417 g/mol. The van der Waals surface area contributed by atoms with Crippen molar-refractivity contribution in [1.82, 2.24) is 23.9 Å². The number of nitrogens with zero attached hydrogens (tertiary/aromatic N) is 5. The lowest BCUT2D eigenvalue weighted by Crippen LogP contribution is -2.23. The topological polar surface area (TPSA) is 65.1 Å². The first kappa shape index (κ1) is 17.5. The average Bonchev–Trinajstić information content (AvgIpc) is 3.09. The number of hydrogen-bond acceptors (Lipinski definition) is 5. The van der Waals surface area contributed by atoms with Gasteiger partial charge in [0.2, 0.25) is 5.78 Å². The quantitative estimate of drug-likeness (QED) is 0.304. The molecule has 3 aromatic heterocycles. The maximum Gasteiger partial charge on any atom is 0.270 e. The Hall–Kier alpha value is -2.61. The van der Waals surface area contributed by atoms with Crippen LogP contribution in [0.15, 0.2) is 58.6 Å². The molecule has 0 aliphatic heterocycles. The minimum absolute atomic E-state index is 0.333. The van der Waals surface area contributed by atoms with Crippen molar-refractivity contribution in [3.05, 3.63) is 69.1 Å². The summed E-state index contributed by atoms with van der Waals surface area (Å²) >= 11 is 14.2. The molecule has 0 amide bonds. The van der Waals surface area contributed by atoms with Gasteiger partial charge < -0.3 is 0 Å². The Morgan fingerprint density at radius 1 is 1.00 bits per heavy atom. The lowest BCUT2D eigenvalue weighted by atomic mass is 10.3. The van der Waals surface area contributed by atoms with Gasteiger partial charge in [0.1, 0.15) is 5.39 Å². The summed E-state index contributed by atoms with van der Waals surface area (Å²) in [6.07, 6.45) is 3.42. The normalized spacial score (nSPS) is 11.7. The Morgan fingerprint density at radius 3 is 2.50 bits per heavy atom. The van der Waals surface area contributed by atoms with E-state index in [1.54, 1.807) is 18.2 Å². The van der Waals surface area contributed by atoms with Gasteiger partial charge in [-0.3, -0.25) is 9.20 Å². The van der Waals surface area contributed by atoms with Crippen molar-refractivity contribution in [3.8, 4) is 5.69 Å². The number of halogens is 2. The Bertz CT molecular complexity index is 1440. The molecule has 0 radical (unpaired) electrons. The van der Waals surface area contributed by atoms with Crippen molar-refractivity contribution < 1.29 is 0 Å². The molecule has 3 heterocycles. The third kappa shape index (κ3) is 2.44. The molecule has 28 heavy (non-hydrogen) atoms. The molecule has 0 bridgehead atoms. The number of hydrogen-bond donors (Lipinski definition) is 0. The van der Waals surface area contributed by atoms with Gasteiger partial charge in [0.15, 0.2) is 10.8 Å². The van der Waals surface area contributed by atoms with Crippen molar-refractivity contribution in [3.63, 3.8) is 0 Å². The molecule has 0 N–H and O–H groups in total. The fraction of sp³-hybridized carbons (Fsp3) is 0.0526. The Balaban J connectivity index is 2.10. The molecule has 0 atom stereocenters. The number of benzene rings is 2. The molecule has 9 heteroatoms. The highest BCUT2D eigenvalue weighted by Gasteiger charge is 2.21. The summed E-state index contributed by atoms with van der Waals surface area (Å²) in [6, 6.07) is 12.7. The van der Waals surface area contributed by atoms with E-state index in [9.17, 15) is 4.79 Å². The summed E-state index contributed by atoms with van der Waals surface area (Å²) in [7, 11) is 0. The zero-order valence-corrected chi connectivity index (χ0v) is 16.8. The monoisotopic (exact) mass is 427 g/mol. The Labute approximate surface area is 172 Å². The lowest BCUT2D eigenvalue weighted by molar-refractivity contribution is 0.933. The van der Waals surface area contributed by atoms with Crippen LogP contribution in [0.3, 0.4) is 0 Å². The van der Waals surface area contributed by atoms with Gasteiger partial charge in [-0.1, -0.05) is 53.2 Å². The van der Waals surface area contributed by atoms with Crippen LogP contribution in [-0.2, 0) is 0 Å². The number of aromatic nitrogens is 5. The van der Waals surface area contributed by atoms with E-state index >= 15 is 0 Å². The summed E-state index contributed by atoms with van der Waals surface area (Å²) in [5.74, 6) is 0.388. The van der Waals surface area contributed by atoms with E-state index in [4.69, 9.17) is 23.2 Å². The smallest absolute Gasteiger partial charge is 0.268 e. The van der Waals surface area contributed by atoms with Crippen molar-refractivity contribution in [2.75, 3.05) is 6.26 Å². The van der Waals surface area contributed by atoms with Crippen LogP contribution < -0.4 is 5.56 Å². The molecule has 5 rings (SSSR count). The predicted octanol–water partition coefficient (Wildman–Crippen LogP) is 4.61. The van der Waals surface area contributed by atoms with E-state index in [0.29, 0.717) is 37.7 Å². The highest BCUT2D eigenvalue weighted by Crippen LogP contribution is 2.30. The molecule has 5 aromatic rings. The summed E-state index contributed by atoms with van der Waals surface area (Å²) in [6.45, 7) is 0. The Kier molecular flexibility index (Phi) is 4.04. The predicted molar refractivity (Wildman–Crippen MR) is 113 cm³/mol. The minimum atomic E-state index is -0.333. The van der Waals surface area contributed by atoms with E-state index in [-0.39, 0.29) is 5.56 Å². The molecule has 0 spiro atoms. The molecule has 0 fully saturated rings. The van der Waals surface area contributed by atoms with E-state index in [2.05, 4.69) is 15.0 Å². The first-order valence-corrected chi connectivity index (χ1v) is 10.3. The second-order valence-electron chi connectivity index (χ2n) is 6.04. The van der Waals surface area contributed by atoms with Crippen molar-refractivity contribution in [2.24, 2.45) is 0 Å². The summed E-state index contributed by atoms with van der Waals surface area (Å²) in [5, 5.41) is 1.62. The van der Waals surface area contributed by atoms with Crippen LogP contribution in [0.2, 0.25) is 10.0 Å². The van der Waals surface area contributed by atoms with Gasteiger partial charge in [0.25, 0.3) is 5.56 Å². The first-order chi connectivity index (χ1) is 13.6. The minimum Gasteiger partial charge on any atom is -0.268 e. The number of thioether (sulfide) groups is 1. The van der Waals surface area contributed by atoms with Gasteiger partial charge >= 0.3 is 0 Å². The van der Waals surface area contributed by atoms with Crippen LogP contribution in [-0.4, -0.2) is 30.2 Å². The highest BCUT2D eigenvalue weighted by atomic mass is 35.5. The van der Waals surface area contributed by atoms with Gasteiger partial charge in [-0.15, -0.1) is 0 Å². The molecular formula is C19H11Cl2N5OS. The zero-order chi connectivity index (χ0) is 19.4. The van der Waals surface area contributed by atoms with Gasteiger partial charge in [0.05, 0.1) is 26.8 Å². The molecule has 138 valence electrons. The van der Waals surface area contributed by atoms with Gasteiger partial charge in [-0.05, 0) is 30.5 Å². The fourth-order valence-corrected chi connectivity index (χ4v) is 4.17. The van der Waals surface area contributed by atoms with E-state index in [0.717, 1.165) is 11.0 Å². The van der Waals surface area contributed by atoms with Gasteiger partial charge in [-0.25, -0.2) is 19.5 Å². The Morgan fingerprint density at radius 2 is 1.75 bits per heavy atom. The van der Waals surface area contributed by atoms with Crippen LogP contribution in [0, 0.1) is 0 Å². The van der Waals surface area contributed by atoms with Crippen molar-refractivity contribution in [1.29, 1.82) is 0 Å². The molecule has 0 saturated heterocycles. The standard InChI is InChI=1S/C19H11Cl2N5OS/c1-28-18-22-9-10-16(24-18)25-14-8-3-2-7-13(14)23-19(25)26(17(10)27)15-11(20)5-4-6-12(15)21/h2-9H,1H3. The molecule has 2 aromatic carbocycles. The molecule has 0 aliphatic rings. The first-order valence-electron chi connectivity index (χ1n) is 8.27. The number of rotatable bonds is 2. The average molecular weight is 428 g/mol. The molecule has 0 unspecified atom stereocenters. The second-order valence-corrected chi connectivity index (χ2v) is 7.63. The second kappa shape index (κ2) is 6.48. The van der Waals surface area contributed by atoms with E-state index < -0.39 is 0 Å². The number of para-hydroxylation sites is 3. The van der Waals surface area contributed by atoms with Crippen LogP contribution in [0.25, 0.3) is 33.5 Å². The van der Waals surface area contributed by atoms with Crippen molar-refractivity contribution >= 4 is 62.8 Å². The third-order valence-electron chi connectivity index (χ3n) is 4.48. The molecule has 0 saturated carbocycles. The van der Waals surface area contributed by atoms with E-state index in [1.165, 1.54) is 22.5 Å². The summed E-state index contributed by atoms with van der Waals surface area (Å²) in [5.41, 5.74) is 2.10. The number of imidazole rings is 1. The third-order valence-corrected chi connectivity index (χ3v) is 5.65. The zero-order valence-electron chi connectivity index (χ0n) is 14.4. The van der Waals surface area contributed by atoms with Gasteiger partial charge in [0, 0.05) is 6.20 Å². The molecule has 0 aliphatic carbocycles. The van der Waals surface area contributed by atoms with Crippen LogP contribution in [0.4, 0.5) is 0 Å². The van der Waals surface area contributed by atoms with Crippen LogP contribution in [0.5, 0.6) is 0 Å². The van der Waals surface area contributed by atoms with Crippen LogP contribution >= 0.6 is 35.0 Å². The van der Waals surface area contributed by atoms with Gasteiger partial charge in [-0.2, -0.15) is 0 Å². The van der Waals surface area contributed by atoms with E-state index in [1.807, 2.05) is 34.9 Å². The SMILES string of the molecule is CSc1ncc2c(=O)n(-c3c(Cl)cccc3Cl)c3nc4ccccc4n3c2n1. The molecule has 6 nitrogen and oxygen atoms in total. The maximum atomic E-state index is 13.4. The highest BCUT2D eigenvalue weighted by molar-refractivity contribution is 7.98. The lowest BCUT2D eigenvalue weighted by Gasteiger charge is -2.13. The fourth-order valence-electron chi connectivity index (χ4n) is 3.26. The van der Waals surface area contributed by atoms with Crippen molar-refractivity contribution in [2.45, 2.75) is 5.16 Å². The largest absolute Gasteiger partial charge is 0.270 e. The summed E-state index contributed by atoms with van der Waals surface area (Å²) < 4.78 is 3.27. The summed E-state index contributed by atoms with van der Waals surface area (Å²) in [4.78, 5) is 27.0. The number of fused-ring (bicyclic) bond motifs is 5. The van der Waals surface area contributed by atoms with Crippen LogP contribution in [0.1, 0.15) is 0 Å². The maximum absolute atomic E-state index is 13.4.